The van der Waals surface area contributed by atoms with Gasteiger partial charge >= 0.3 is 0 Å². The highest BCUT2D eigenvalue weighted by Crippen LogP contribution is 2.12. The lowest BCUT2D eigenvalue weighted by Crippen LogP contribution is -2.22. The van der Waals surface area contributed by atoms with Gasteiger partial charge in [0, 0.05) is 11.6 Å². The van der Waals surface area contributed by atoms with E-state index < -0.39 is 0 Å². The predicted molar refractivity (Wildman–Crippen MR) is 56.0 cm³/mol. The van der Waals surface area contributed by atoms with Crippen molar-refractivity contribution in [3.05, 3.63) is 47.5 Å². The highest BCUT2D eigenvalue weighted by Gasteiger charge is 2.19. The number of imide groups is 1. The van der Waals surface area contributed by atoms with Crippen molar-refractivity contribution in [2.24, 2.45) is 0 Å². The summed E-state index contributed by atoms with van der Waals surface area (Å²) in [6, 6.07) is 9.90. The van der Waals surface area contributed by atoms with Gasteiger partial charge in [-0.2, -0.15) is 0 Å². The van der Waals surface area contributed by atoms with Gasteiger partial charge in [0.25, 0.3) is 11.8 Å². The molecule has 1 heterocycles. The molecule has 2 rings (SSSR count). The van der Waals surface area contributed by atoms with E-state index in [0.717, 1.165) is 6.42 Å². The van der Waals surface area contributed by atoms with Crippen molar-refractivity contribution in [3.63, 3.8) is 0 Å². The fraction of sp³-hybridized carbons (Fsp3) is 0.167. The van der Waals surface area contributed by atoms with Crippen LogP contribution in [0.25, 0.3) is 0 Å². The molecule has 0 atom stereocenters. The fourth-order valence-corrected chi connectivity index (χ4v) is 1.56. The number of hydrogen-bond donors (Lipinski definition) is 1. The first-order valence-electron chi connectivity index (χ1n) is 4.85. The third kappa shape index (κ3) is 2.31. The first-order chi connectivity index (χ1) is 7.25. The standard InChI is InChI=1S/C12H11NO2/c14-11-8-10(12(15)13-11)7-6-9-4-2-1-3-5-9/h1-5,8H,6-7H2,(H,13,14,15). The van der Waals surface area contributed by atoms with Gasteiger partial charge in [0.05, 0.1) is 0 Å². The van der Waals surface area contributed by atoms with Crippen LogP contribution in [0.1, 0.15) is 12.0 Å². The van der Waals surface area contributed by atoms with Gasteiger partial charge in [0.1, 0.15) is 0 Å². The summed E-state index contributed by atoms with van der Waals surface area (Å²) in [6.07, 6.45) is 2.78. The largest absolute Gasteiger partial charge is 0.289 e. The van der Waals surface area contributed by atoms with E-state index in [1.54, 1.807) is 0 Å². The van der Waals surface area contributed by atoms with E-state index in [4.69, 9.17) is 0 Å². The molecule has 0 bridgehead atoms. The van der Waals surface area contributed by atoms with Crippen LogP contribution < -0.4 is 5.32 Å². The Hall–Kier alpha value is -1.90. The Morgan fingerprint density at radius 1 is 1.00 bits per heavy atom. The summed E-state index contributed by atoms with van der Waals surface area (Å²) in [5, 5.41) is 2.23. The Bertz CT molecular complexity index is 421. The van der Waals surface area contributed by atoms with Crippen LogP contribution in [0.15, 0.2) is 42.0 Å². The quantitative estimate of drug-likeness (QED) is 0.747. The van der Waals surface area contributed by atoms with Gasteiger partial charge in [-0.05, 0) is 18.4 Å². The van der Waals surface area contributed by atoms with Crippen LogP contribution in [0, 0.1) is 0 Å². The van der Waals surface area contributed by atoms with Crippen LogP contribution in [-0.2, 0) is 16.0 Å². The van der Waals surface area contributed by atoms with E-state index in [0.29, 0.717) is 12.0 Å². The van der Waals surface area contributed by atoms with Gasteiger partial charge in [-0.25, -0.2) is 0 Å². The Balaban J connectivity index is 1.97. The van der Waals surface area contributed by atoms with Crippen LogP contribution in [0.3, 0.4) is 0 Å². The molecule has 15 heavy (non-hydrogen) atoms. The van der Waals surface area contributed by atoms with Crippen molar-refractivity contribution in [1.29, 1.82) is 0 Å². The molecule has 0 aromatic heterocycles. The summed E-state index contributed by atoms with van der Waals surface area (Å²) >= 11 is 0. The van der Waals surface area contributed by atoms with Crippen LogP contribution in [0.4, 0.5) is 0 Å². The van der Waals surface area contributed by atoms with E-state index in [1.807, 2.05) is 30.3 Å². The molecule has 0 spiro atoms. The molecular weight excluding hydrogens is 190 g/mol. The highest BCUT2D eigenvalue weighted by molar-refractivity contribution is 6.16. The van der Waals surface area contributed by atoms with Crippen molar-refractivity contribution in [3.8, 4) is 0 Å². The topological polar surface area (TPSA) is 46.2 Å². The van der Waals surface area contributed by atoms with Crippen LogP contribution in [-0.4, -0.2) is 11.8 Å². The maximum atomic E-state index is 11.2. The first kappa shape index (κ1) is 9.65. The molecule has 0 radical (unpaired) electrons. The smallest absolute Gasteiger partial charge is 0.254 e. The van der Waals surface area contributed by atoms with Crippen LogP contribution in [0.5, 0.6) is 0 Å². The van der Waals surface area contributed by atoms with Crippen molar-refractivity contribution in [2.45, 2.75) is 12.8 Å². The lowest BCUT2D eigenvalue weighted by Gasteiger charge is -2.00. The summed E-state index contributed by atoms with van der Waals surface area (Å²) in [4.78, 5) is 22.1. The van der Waals surface area contributed by atoms with Crippen LogP contribution >= 0.6 is 0 Å². The monoisotopic (exact) mass is 201 g/mol. The minimum Gasteiger partial charge on any atom is -0.289 e. The Labute approximate surface area is 87.8 Å². The number of carbonyl (C=O) groups is 2. The number of carbonyl (C=O) groups excluding carboxylic acids is 2. The second-order valence-electron chi connectivity index (χ2n) is 3.47. The van der Waals surface area contributed by atoms with E-state index in [-0.39, 0.29) is 11.8 Å². The minimum atomic E-state index is -0.303. The molecule has 1 aromatic carbocycles. The maximum absolute atomic E-state index is 11.2. The van der Waals surface area contributed by atoms with Gasteiger partial charge in [0.2, 0.25) is 0 Å². The Kier molecular flexibility index (Phi) is 2.63. The summed E-state index contributed by atoms with van der Waals surface area (Å²) < 4.78 is 0. The molecule has 0 fully saturated rings. The van der Waals surface area contributed by atoms with Crippen molar-refractivity contribution in [2.75, 3.05) is 0 Å². The fourth-order valence-electron chi connectivity index (χ4n) is 1.56. The SMILES string of the molecule is O=C1C=C(CCc2ccccc2)C(=O)N1. The summed E-state index contributed by atoms with van der Waals surface area (Å²) in [5.74, 6) is -0.556. The second-order valence-corrected chi connectivity index (χ2v) is 3.47. The third-order valence-electron chi connectivity index (χ3n) is 2.36. The molecular formula is C12H11NO2. The number of amides is 2. The van der Waals surface area contributed by atoms with Crippen LogP contribution in [0.2, 0.25) is 0 Å². The molecule has 1 aliphatic rings. The number of rotatable bonds is 3. The third-order valence-corrected chi connectivity index (χ3v) is 2.36. The van der Waals surface area contributed by atoms with E-state index >= 15 is 0 Å². The highest BCUT2D eigenvalue weighted by atomic mass is 16.2. The molecule has 0 saturated heterocycles. The van der Waals surface area contributed by atoms with E-state index in [9.17, 15) is 9.59 Å². The maximum Gasteiger partial charge on any atom is 0.254 e. The zero-order valence-electron chi connectivity index (χ0n) is 8.19. The number of aryl methyl sites for hydroxylation is 1. The molecule has 2 amide bonds. The lowest BCUT2D eigenvalue weighted by atomic mass is 10.1. The Morgan fingerprint density at radius 3 is 2.33 bits per heavy atom. The molecule has 1 aromatic rings. The Morgan fingerprint density at radius 2 is 1.73 bits per heavy atom. The summed E-state index contributed by atoms with van der Waals surface area (Å²) in [7, 11) is 0. The number of nitrogens with one attached hydrogen (secondary N) is 1. The molecule has 1 aliphatic heterocycles. The summed E-state index contributed by atoms with van der Waals surface area (Å²) in [5.41, 5.74) is 1.74. The molecule has 0 aliphatic carbocycles. The number of hydrogen-bond acceptors (Lipinski definition) is 2. The van der Waals surface area contributed by atoms with Crippen molar-refractivity contribution >= 4 is 11.8 Å². The van der Waals surface area contributed by atoms with Gasteiger partial charge in [0.15, 0.2) is 0 Å². The van der Waals surface area contributed by atoms with Crippen molar-refractivity contribution < 1.29 is 9.59 Å². The molecule has 76 valence electrons. The number of benzene rings is 1. The van der Waals surface area contributed by atoms with Gasteiger partial charge in [-0.1, -0.05) is 30.3 Å². The molecule has 0 unspecified atom stereocenters. The van der Waals surface area contributed by atoms with Crippen molar-refractivity contribution in [1.82, 2.24) is 5.32 Å². The molecule has 3 nitrogen and oxygen atoms in total. The normalized spacial score (nSPS) is 15.1. The van der Waals surface area contributed by atoms with Gasteiger partial charge < -0.3 is 0 Å². The van der Waals surface area contributed by atoms with Gasteiger partial charge in [-0.15, -0.1) is 0 Å². The van der Waals surface area contributed by atoms with E-state index in [2.05, 4.69) is 5.32 Å². The van der Waals surface area contributed by atoms with E-state index in [1.165, 1.54) is 11.6 Å². The zero-order valence-corrected chi connectivity index (χ0v) is 8.19. The lowest BCUT2D eigenvalue weighted by molar-refractivity contribution is -0.123. The summed E-state index contributed by atoms with van der Waals surface area (Å²) in [6.45, 7) is 0. The molecule has 0 saturated carbocycles. The minimum absolute atomic E-state index is 0.254. The second kappa shape index (κ2) is 4.09. The van der Waals surface area contributed by atoms with Gasteiger partial charge in [-0.3, -0.25) is 14.9 Å². The first-order valence-corrected chi connectivity index (χ1v) is 4.85. The zero-order chi connectivity index (χ0) is 10.7. The average Bonchev–Trinajstić information content (AvgIpc) is 2.56. The molecule has 3 heteroatoms. The predicted octanol–water partition coefficient (Wildman–Crippen LogP) is 1.20. The average molecular weight is 201 g/mol. The molecule has 1 N–H and O–H groups in total.